The maximum atomic E-state index is 5.80. The van der Waals surface area contributed by atoms with Crippen LogP contribution in [0.2, 0.25) is 0 Å². The minimum atomic E-state index is 0.256. The van der Waals surface area contributed by atoms with Crippen LogP contribution in [0.5, 0.6) is 0 Å². The fourth-order valence-electron chi connectivity index (χ4n) is 2.78. The molecule has 3 nitrogen and oxygen atoms in total. The predicted octanol–water partition coefficient (Wildman–Crippen LogP) is 2.37. The van der Waals surface area contributed by atoms with Crippen LogP contribution in [0.1, 0.15) is 31.7 Å². The number of ether oxygens (including phenoxy) is 1. The van der Waals surface area contributed by atoms with Crippen molar-refractivity contribution in [1.29, 1.82) is 0 Å². The summed E-state index contributed by atoms with van der Waals surface area (Å²) in [6, 6.07) is 2.84. The Kier molecular flexibility index (Phi) is 2.97. The Hall–Kier alpha value is -0.800. The van der Waals surface area contributed by atoms with E-state index in [0.717, 1.165) is 32.0 Å². The van der Waals surface area contributed by atoms with Crippen LogP contribution >= 0.6 is 0 Å². The Morgan fingerprint density at radius 2 is 2.35 bits per heavy atom. The average Bonchev–Trinajstić information content (AvgIpc) is 2.90. The molecule has 1 saturated carbocycles. The molecule has 3 rings (SSSR count). The van der Waals surface area contributed by atoms with E-state index in [1.54, 1.807) is 6.26 Å². The van der Waals surface area contributed by atoms with E-state index in [4.69, 9.17) is 9.15 Å². The monoisotopic (exact) mass is 235 g/mol. The predicted molar refractivity (Wildman–Crippen MR) is 65.9 cm³/mol. The molecule has 94 valence electrons. The molecule has 0 amide bonds. The lowest BCUT2D eigenvalue weighted by molar-refractivity contribution is 0.0627. The molecule has 1 aromatic rings. The molecule has 2 atom stereocenters. The fourth-order valence-corrected chi connectivity index (χ4v) is 2.78. The molecule has 1 aromatic heterocycles. The number of furan rings is 1. The van der Waals surface area contributed by atoms with E-state index in [-0.39, 0.29) is 5.41 Å². The van der Waals surface area contributed by atoms with Gasteiger partial charge in [0.1, 0.15) is 0 Å². The van der Waals surface area contributed by atoms with Crippen molar-refractivity contribution in [2.75, 3.05) is 13.2 Å². The molecule has 2 unspecified atom stereocenters. The van der Waals surface area contributed by atoms with E-state index in [1.165, 1.54) is 18.4 Å². The molecule has 0 aromatic carbocycles. The van der Waals surface area contributed by atoms with Crippen molar-refractivity contribution in [3.05, 3.63) is 24.2 Å². The molecule has 0 radical (unpaired) electrons. The normalized spacial score (nSPS) is 33.1. The number of nitrogens with one attached hydrogen (secondary N) is 1. The number of hydrogen-bond donors (Lipinski definition) is 1. The van der Waals surface area contributed by atoms with Crippen LogP contribution in [-0.2, 0) is 11.2 Å². The van der Waals surface area contributed by atoms with Gasteiger partial charge in [0, 0.05) is 24.6 Å². The molecule has 2 fully saturated rings. The van der Waals surface area contributed by atoms with Crippen LogP contribution in [0, 0.1) is 5.41 Å². The first-order valence-corrected chi connectivity index (χ1v) is 6.65. The first-order valence-electron chi connectivity index (χ1n) is 6.65. The van der Waals surface area contributed by atoms with Crippen LogP contribution in [0.15, 0.2) is 23.0 Å². The molecular weight excluding hydrogens is 214 g/mol. The highest BCUT2D eigenvalue weighted by Gasteiger charge is 2.42. The van der Waals surface area contributed by atoms with Crippen molar-refractivity contribution in [2.45, 2.75) is 44.8 Å². The minimum Gasteiger partial charge on any atom is -0.472 e. The van der Waals surface area contributed by atoms with Gasteiger partial charge in [0.2, 0.25) is 0 Å². The lowest BCUT2D eigenvalue weighted by Gasteiger charge is -2.32. The van der Waals surface area contributed by atoms with Crippen molar-refractivity contribution < 1.29 is 9.15 Å². The summed E-state index contributed by atoms with van der Waals surface area (Å²) in [4.78, 5) is 0. The zero-order valence-electron chi connectivity index (χ0n) is 10.4. The van der Waals surface area contributed by atoms with Gasteiger partial charge in [0.15, 0.2) is 0 Å². The lowest BCUT2D eigenvalue weighted by Crippen LogP contribution is -2.42. The third-order valence-corrected chi connectivity index (χ3v) is 4.29. The minimum absolute atomic E-state index is 0.256. The molecule has 1 aliphatic carbocycles. The van der Waals surface area contributed by atoms with E-state index in [0.29, 0.717) is 6.10 Å². The van der Waals surface area contributed by atoms with Crippen molar-refractivity contribution in [2.24, 2.45) is 5.41 Å². The summed E-state index contributed by atoms with van der Waals surface area (Å²) >= 11 is 0. The zero-order chi connectivity index (χ0) is 11.7. The maximum absolute atomic E-state index is 5.80. The molecule has 0 spiro atoms. The summed E-state index contributed by atoms with van der Waals surface area (Å²) in [5.41, 5.74) is 1.55. The second kappa shape index (κ2) is 4.46. The van der Waals surface area contributed by atoms with Gasteiger partial charge in [-0.2, -0.15) is 0 Å². The van der Waals surface area contributed by atoms with Gasteiger partial charge in [-0.1, -0.05) is 0 Å². The SMILES string of the molecule is CC1OCCC1(CNC1CC1)Cc1ccoc1. The smallest absolute Gasteiger partial charge is 0.0934 e. The summed E-state index contributed by atoms with van der Waals surface area (Å²) in [5, 5.41) is 3.67. The van der Waals surface area contributed by atoms with Gasteiger partial charge in [-0.15, -0.1) is 0 Å². The van der Waals surface area contributed by atoms with E-state index in [9.17, 15) is 0 Å². The Morgan fingerprint density at radius 1 is 1.47 bits per heavy atom. The number of rotatable bonds is 5. The van der Waals surface area contributed by atoms with Crippen molar-refractivity contribution in [3.63, 3.8) is 0 Å². The van der Waals surface area contributed by atoms with Gasteiger partial charge in [0.25, 0.3) is 0 Å². The maximum Gasteiger partial charge on any atom is 0.0934 e. The first-order chi connectivity index (χ1) is 8.28. The molecular formula is C14H21NO2. The Bertz CT molecular complexity index is 358. The van der Waals surface area contributed by atoms with Gasteiger partial charge in [-0.25, -0.2) is 0 Å². The highest BCUT2D eigenvalue weighted by Crippen LogP contribution is 2.38. The quantitative estimate of drug-likeness (QED) is 0.851. The molecule has 2 aliphatic rings. The summed E-state index contributed by atoms with van der Waals surface area (Å²) in [6.45, 7) is 4.18. The van der Waals surface area contributed by atoms with Gasteiger partial charge in [-0.3, -0.25) is 0 Å². The third-order valence-electron chi connectivity index (χ3n) is 4.29. The second-order valence-corrected chi connectivity index (χ2v) is 5.59. The highest BCUT2D eigenvalue weighted by molar-refractivity contribution is 5.11. The van der Waals surface area contributed by atoms with E-state index in [2.05, 4.69) is 18.3 Å². The van der Waals surface area contributed by atoms with Gasteiger partial charge < -0.3 is 14.5 Å². The van der Waals surface area contributed by atoms with Crippen molar-refractivity contribution in [1.82, 2.24) is 5.32 Å². The summed E-state index contributed by atoms with van der Waals surface area (Å²) in [5.74, 6) is 0. The van der Waals surface area contributed by atoms with E-state index < -0.39 is 0 Å². The molecule has 1 saturated heterocycles. The van der Waals surface area contributed by atoms with Crippen LogP contribution < -0.4 is 5.32 Å². The average molecular weight is 235 g/mol. The highest BCUT2D eigenvalue weighted by atomic mass is 16.5. The summed E-state index contributed by atoms with van der Waals surface area (Å²) < 4.78 is 11.0. The van der Waals surface area contributed by atoms with Crippen LogP contribution in [0.25, 0.3) is 0 Å². The first kappa shape index (κ1) is 11.3. The van der Waals surface area contributed by atoms with Gasteiger partial charge in [0.05, 0.1) is 18.6 Å². The van der Waals surface area contributed by atoms with Gasteiger partial charge in [-0.05, 0) is 44.2 Å². The molecule has 2 heterocycles. The van der Waals surface area contributed by atoms with E-state index in [1.807, 2.05) is 6.26 Å². The zero-order valence-corrected chi connectivity index (χ0v) is 10.4. The van der Waals surface area contributed by atoms with E-state index >= 15 is 0 Å². The molecule has 17 heavy (non-hydrogen) atoms. The fraction of sp³-hybridized carbons (Fsp3) is 0.714. The van der Waals surface area contributed by atoms with Crippen LogP contribution in [0.3, 0.4) is 0 Å². The van der Waals surface area contributed by atoms with Crippen molar-refractivity contribution in [3.8, 4) is 0 Å². The topological polar surface area (TPSA) is 34.4 Å². The van der Waals surface area contributed by atoms with Crippen LogP contribution in [0.4, 0.5) is 0 Å². The second-order valence-electron chi connectivity index (χ2n) is 5.59. The molecule has 1 N–H and O–H groups in total. The molecule has 3 heteroatoms. The summed E-state index contributed by atoms with van der Waals surface area (Å²) in [7, 11) is 0. The molecule has 0 bridgehead atoms. The third kappa shape index (κ3) is 2.40. The largest absolute Gasteiger partial charge is 0.472 e. The lowest BCUT2D eigenvalue weighted by atomic mass is 9.76. The summed E-state index contributed by atoms with van der Waals surface area (Å²) in [6.07, 6.45) is 8.86. The Balaban J connectivity index is 1.70. The number of hydrogen-bond acceptors (Lipinski definition) is 3. The molecule has 1 aliphatic heterocycles. The Labute approximate surface area is 103 Å². The van der Waals surface area contributed by atoms with Gasteiger partial charge >= 0.3 is 0 Å². The Morgan fingerprint density at radius 3 is 2.94 bits per heavy atom. The standard InChI is InChI=1S/C14H21NO2/c1-11-14(5-7-17-11,10-15-13-2-3-13)8-12-4-6-16-9-12/h4,6,9,11,13,15H,2-3,5,7-8,10H2,1H3. The van der Waals surface area contributed by atoms with Crippen LogP contribution in [-0.4, -0.2) is 25.3 Å². The van der Waals surface area contributed by atoms with Crippen molar-refractivity contribution >= 4 is 0 Å².